The van der Waals surface area contributed by atoms with E-state index in [-0.39, 0.29) is 21.8 Å². The highest BCUT2D eigenvalue weighted by atomic mass is 15.2. The van der Waals surface area contributed by atoms with Crippen LogP contribution in [0.1, 0.15) is 48.8 Å². The largest absolute Gasteiger partial charge is 0.335 e. The minimum atomic E-state index is -0.0271. The van der Waals surface area contributed by atoms with E-state index in [9.17, 15) is 0 Å². The smallest absolute Gasteiger partial charge is 0.0477 e. The number of para-hydroxylation sites is 2. The molecule has 0 aromatic heterocycles. The van der Waals surface area contributed by atoms with E-state index in [0.29, 0.717) is 0 Å². The fourth-order valence-electron chi connectivity index (χ4n) is 9.75. The van der Waals surface area contributed by atoms with Crippen LogP contribution in [0.25, 0.3) is 0 Å². The second-order valence-electron chi connectivity index (χ2n) is 12.7. The third-order valence-electron chi connectivity index (χ3n) is 10.7. The molecule has 0 spiro atoms. The molecule has 5 aromatic carbocycles. The van der Waals surface area contributed by atoms with Gasteiger partial charge < -0.3 is 4.90 Å². The molecule has 4 fully saturated rings. The van der Waals surface area contributed by atoms with E-state index in [2.05, 4.69) is 157 Å². The summed E-state index contributed by atoms with van der Waals surface area (Å²) in [6, 6.07) is 56.9. The molecule has 4 aliphatic rings. The van der Waals surface area contributed by atoms with Crippen LogP contribution in [0.2, 0.25) is 0 Å². The van der Waals surface area contributed by atoms with Gasteiger partial charge in [0.25, 0.3) is 0 Å². The van der Waals surface area contributed by atoms with E-state index in [1.807, 2.05) is 0 Å². The summed E-state index contributed by atoms with van der Waals surface area (Å²) in [5.74, 6) is 0. The molecule has 5 aromatic rings. The Hall–Kier alpha value is -4.10. The first-order valence-corrected chi connectivity index (χ1v) is 14.8. The maximum Gasteiger partial charge on any atom is 0.0477 e. The van der Waals surface area contributed by atoms with Gasteiger partial charge in [-0.05, 0) is 78.5 Å². The highest BCUT2D eigenvalue weighted by Crippen LogP contribution is 2.79. The Bertz CT molecular complexity index is 1520. The molecule has 0 amide bonds. The Morgan fingerprint density at radius 1 is 0.350 bits per heavy atom. The molecule has 2 unspecified atom stereocenters. The summed E-state index contributed by atoms with van der Waals surface area (Å²) in [6.45, 7) is 0. The van der Waals surface area contributed by atoms with Gasteiger partial charge >= 0.3 is 0 Å². The summed E-state index contributed by atoms with van der Waals surface area (Å²) in [5, 5.41) is 0. The molecular weight excluding hydrogens is 482 g/mol. The molecule has 0 aliphatic heterocycles. The predicted molar refractivity (Wildman–Crippen MR) is 165 cm³/mol. The molecule has 0 radical (unpaired) electrons. The van der Waals surface area contributed by atoms with Gasteiger partial charge in [-0.2, -0.15) is 0 Å². The van der Waals surface area contributed by atoms with Crippen LogP contribution in [0.3, 0.4) is 0 Å². The topological polar surface area (TPSA) is 3.24 Å². The molecule has 9 rings (SSSR count). The summed E-state index contributed by atoms with van der Waals surface area (Å²) in [6.07, 6.45) is 5.86. The van der Waals surface area contributed by atoms with Crippen molar-refractivity contribution >= 4 is 11.4 Å². The van der Waals surface area contributed by atoms with Crippen molar-refractivity contribution in [2.75, 3.05) is 4.90 Å². The molecule has 196 valence electrons. The van der Waals surface area contributed by atoms with Gasteiger partial charge in [0, 0.05) is 27.7 Å². The van der Waals surface area contributed by atoms with Crippen molar-refractivity contribution < 1.29 is 0 Å². The van der Waals surface area contributed by atoms with E-state index < -0.39 is 0 Å². The second kappa shape index (κ2) is 8.70. The first-order valence-electron chi connectivity index (χ1n) is 14.8. The van der Waals surface area contributed by atoms with Gasteiger partial charge in [-0.3, -0.25) is 0 Å². The molecule has 0 N–H and O–H groups in total. The normalized spacial score (nSPS) is 29.9. The van der Waals surface area contributed by atoms with Crippen LogP contribution in [0.5, 0.6) is 0 Å². The number of benzene rings is 5. The van der Waals surface area contributed by atoms with Crippen LogP contribution >= 0.6 is 0 Å². The minimum Gasteiger partial charge on any atom is -0.335 e. The Morgan fingerprint density at radius 2 is 0.700 bits per heavy atom. The second-order valence-corrected chi connectivity index (χ2v) is 12.7. The number of hydrogen-bond acceptors (Lipinski definition) is 1. The van der Waals surface area contributed by atoms with Crippen molar-refractivity contribution in [1.29, 1.82) is 0 Å². The zero-order chi connectivity index (χ0) is 26.7. The fourth-order valence-corrected chi connectivity index (χ4v) is 9.75. The summed E-state index contributed by atoms with van der Waals surface area (Å²) in [7, 11) is 0. The van der Waals surface area contributed by atoms with Gasteiger partial charge in [0.1, 0.15) is 0 Å². The van der Waals surface area contributed by atoms with Gasteiger partial charge in [0.2, 0.25) is 0 Å². The molecular formula is C39H35N. The lowest BCUT2D eigenvalue weighted by molar-refractivity contribution is 0.180. The number of hydrogen-bond donors (Lipinski definition) is 0. The van der Waals surface area contributed by atoms with Gasteiger partial charge in [-0.15, -0.1) is 0 Å². The highest BCUT2D eigenvalue weighted by Gasteiger charge is 2.78. The van der Waals surface area contributed by atoms with Crippen molar-refractivity contribution in [3.8, 4) is 0 Å². The van der Waals surface area contributed by atoms with E-state index in [0.717, 1.165) is 19.3 Å². The van der Waals surface area contributed by atoms with Crippen LogP contribution in [0.4, 0.5) is 11.4 Å². The lowest BCUT2D eigenvalue weighted by Crippen LogP contribution is -2.55. The highest BCUT2D eigenvalue weighted by molar-refractivity contribution is 5.69. The van der Waals surface area contributed by atoms with Crippen LogP contribution in [0.15, 0.2) is 152 Å². The molecule has 0 heterocycles. The van der Waals surface area contributed by atoms with Gasteiger partial charge in [0.05, 0.1) is 0 Å². The number of anilines is 2. The van der Waals surface area contributed by atoms with Crippen molar-refractivity contribution in [3.05, 3.63) is 168 Å². The first-order chi connectivity index (χ1) is 19.7. The van der Waals surface area contributed by atoms with Crippen LogP contribution in [-0.2, 0) is 16.2 Å². The summed E-state index contributed by atoms with van der Waals surface area (Å²) in [4.78, 5) is 2.74. The molecule has 1 nitrogen and oxygen atoms in total. The van der Waals surface area contributed by atoms with Crippen LogP contribution < -0.4 is 4.90 Å². The quantitative estimate of drug-likeness (QED) is 0.217. The van der Waals surface area contributed by atoms with Crippen molar-refractivity contribution in [1.82, 2.24) is 0 Å². The standard InChI is InChI=1S/C39H35N/c1-6-16-31(17-7-1)36-26-37(40(34-22-12-4-13-23-34)35-24-14-5-15-25-35)29-38(27-36,32-18-8-2-9-19-32)39(28-36,30-37)33-20-10-3-11-21-33/h1-25H,26-30H2. The zero-order valence-corrected chi connectivity index (χ0v) is 22.9. The maximum atomic E-state index is 2.74. The number of rotatable bonds is 6. The summed E-state index contributed by atoms with van der Waals surface area (Å²) >= 11 is 0. The monoisotopic (exact) mass is 517 g/mol. The van der Waals surface area contributed by atoms with Crippen LogP contribution in [0, 0.1) is 0 Å². The van der Waals surface area contributed by atoms with Gasteiger partial charge in [-0.1, -0.05) is 127 Å². The molecule has 4 bridgehead atoms. The minimum absolute atomic E-state index is 0.0271. The predicted octanol–water partition coefficient (Wildman–Crippen LogP) is 9.37. The van der Waals surface area contributed by atoms with E-state index in [1.165, 1.54) is 40.9 Å². The van der Waals surface area contributed by atoms with Crippen molar-refractivity contribution in [2.24, 2.45) is 0 Å². The lowest BCUT2D eigenvalue weighted by atomic mass is 9.59. The lowest BCUT2D eigenvalue weighted by Gasteiger charge is -2.54. The Labute approximate surface area is 238 Å². The Kier molecular flexibility index (Phi) is 5.17. The van der Waals surface area contributed by atoms with E-state index in [1.54, 1.807) is 0 Å². The van der Waals surface area contributed by atoms with Crippen molar-refractivity contribution in [2.45, 2.75) is 53.9 Å². The molecule has 4 saturated carbocycles. The molecule has 0 saturated heterocycles. The van der Waals surface area contributed by atoms with E-state index in [4.69, 9.17) is 0 Å². The van der Waals surface area contributed by atoms with Crippen molar-refractivity contribution in [3.63, 3.8) is 0 Å². The first kappa shape index (κ1) is 23.8. The van der Waals surface area contributed by atoms with Crippen LogP contribution in [-0.4, -0.2) is 5.54 Å². The average molecular weight is 518 g/mol. The third kappa shape index (κ3) is 3.21. The Balaban J connectivity index is 1.44. The molecule has 1 heteroatoms. The zero-order valence-electron chi connectivity index (χ0n) is 22.9. The Morgan fingerprint density at radius 3 is 1.10 bits per heavy atom. The van der Waals surface area contributed by atoms with Gasteiger partial charge in [0.15, 0.2) is 0 Å². The average Bonchev–Trinajstić information content (AvgIpc) is 3.37. The molecule has 2 atom stereocenters. The molecule has 4 aliphatic carbocycles. The SMILES string of the molecule is c1ccc(N(c2ccccc2)C23CC4(c5ccccc5)CC(c5ccccc5)(C2)C(c2ccccc2)(C4)C3)cc1. The number of nitrogens with zero attached hydrogens (tertiary/aromatic N) is 1. The van der Waals surface area contributed by atoms with Gasteiger partial charge in [-0.25, -0.2) is 0 Å². The maximum absolute atomic E-state index is 2.74. The third-order valence-corrected chi connectivity index (χ3v) is 10.7. The fraction of sp³-hybridized carbons (Fsp3) is 0.231. The van der Waals surface area contributed by atoms with E-state index >= 15 is 0 Å². The molecule has 40 heavy (non-hydrogen) atoms. The summed E-state index contributed by atoms with van der Waals surface area (Å²) < 4.78 is 0. The summed E-state index contributed by atoms with van der Waals surface area (Å²) in [5.41, 5.74) is 7.30.